The van der Waals surface area contributed by atoms with E-state index in [4.69, 9.17) is 15.3 Å². The lowest BCUT2D eigenvalue weighted by molar-refractivity contribution is -0.140. The molecule has 0 aromatic heterocycles. The average molecular weight is 254 g/mol. The van der Waals surface area contributed by atoms with Crippen molar-refractivity contribution < 1.29 is 29.7 Å². The first-order chi connectivity index (χ1) is 8.25. The van der Waals surface area contributed by atoms with E-state index in [9.17, 15) is 14.4 Å². The number of carboxylic acids is 3. The van der Waals surface area contributed by atoms with E-state index in [1.54, 1.807) is 13.8 Å². The molecule has 0 aliphatic rings. The van der Waals surface area contributed by atoms with Gasteiger partial charge in [-0.05, 0) is 18.2 Å². The maximum Gasteiger partial charge on any atom is 0.335 e. The molecule has 1 aromatic rings. The van der Waals surface area contributed by atoms with E-state index in [-0.39, 0.29) is 17.0 Å². The number of aliphatic carboxylic acids is 1. The fourth-order valence-electron chi connectivity index (χ4n) is 0.785. The molecule has 0 radical (unpaired) electrons. The maximum absolute atomic E-state index is 10.4. The number of carboxylic acid groups (broad SMARTS) is 3. The van der Waals surface area contributed by atoms with Crippen LogP contribution in [0.5, 0.6) is 0 Å². The summed E-state index contributed by atoms with van der Waals surface area (Å²) in [4.78, 5) is 30.5. The number of benzene rings is 1. The van der Waals surface area contributed by atoms with Crippen LogP contribution in [-0.2, 0) is 4.79 Å². The Labute approximate surface area is 103 Å². The summed E-state index contributed by atoms with van der Waals surface area (Å²) in [5.74, 6) is -3.23. The Bertz CT molecular complexity index is 420. The minimum Gasteiger partial charge on any atom is -0.481 e. The van der Waals surface area contributed by atoms with Crippen molar-refractivity contribution in [2.75, 3.05) is 0 Å². The Balaban J connectivity index is 0.000000411. The number of hydrogen-bond donors (Lipinski definition) is 3. The molecular formula is C12H14O6. The zero-order valence-electron chi connectivity index (χ0n) is 9.95. The van der Waals surface area contributed by atoms with Gasteiger partial charge in [-0.15, -0.1) is 0 Å². The largest absolute Gasteiger partial charge is 0.481 e. The Morgan fingerprint density at radius 3 is 1.50 bits per heavy atom. The van der Waals surface area contributed by atoms with Gasteiger partial charge in [0, 0.05) is 0 Å². The van der Waals surface area contributed by atoms with Gasteiger partial charge in [0.05, 0.1) is 17.0 Å². The van der Waals surface area contributed by atoms with Crippen LogP contribution in [0, 0.1) is 5.92 Å². The van der Waals surface area contributed by atoms with Gasteiger partial charge in [0.25, 0.3) is 0 Å². The van der Waals surface area contributed by atoms with Gasteiger partial charge in [0.15, 0.2) is 0 Å². The number of aromatic carboxylic acids is 2. The number of rotatable bonds is 3. The van der Waals surface area contributed by atoms with Gasteiger partial charge >= 0.3 is 17.9 Å². The highest BCUT2D eigenvalue weighted by molar-refractivity contribution is 5.93. The van der Waals surface area contributed by atoms with Crippen molar-refractivity contribution in [1.82, 2.24) is 0 Å². The van der Waals surface area contributed by atoms with Gasteiger partial charge in [0.1, 0.15) is 0 Å². The second-order valence-electron chi connectivity index (χ2n) is 3.68. The lowest BCUT2D eigenvalue weighted by Gasteiger charge is -1.95. The van der Waals surface area contributed by atoms with Gasteiger partial charge in [-0.1, -0.05) is 19.9 Å². The van der Waals surface area contributed by atoms with Crippen molar-refractivity contribution >= 4 is 17.9 Å². The zero-order chi connectivity index (χ0) is 14.3. The van der Waals surface area contributed by atoms with Crippen molar-refractivity contribution in [2.24, 2.45) is 5.92 Å². The molecule has 0 fully saturated rings. The number of hydrogen-bond acceptors (Lipinski definition) is 3. The second-order valence-corrected chi connectivity index (χ2v) is 3.68. The van der Waals surface area contributed by atoms with Gasteiger partial charge in [-0.2, -0.15) is 0 Å². The first-order valence-electron chi connectivity index (χ1n) is 5.05. The summed E-state index contributed by atoms with van der Waals surface area (Å²) in [7, 11) is 0. The number of carbonyl (C=O) groups is 3. The minimum absolute atomic E-state index is 0.0186. The third-order valence-corrected chi connectivity index (χ3v) is 1.85. The highest BCUT2D eigenvalue weighted by Crippen LogP contribution is 2.04. The molecule has 0 aliphatic carbocycles. The predicted octanol–water partition coefficient (Wildman–Crippen LogP) is 1.81. The summed E-state index contributed by atoms with van der Waals surface area (Å²) < 4.78 is 0. The van der Waals surface area contributed by atoms with Crippen molar-refractivity contribution in [2.45, 2.75) is 13.8 Å². The average Bonchev–Trinajstić information content (AvgIpc) is 2.29. The molecule has 0 unspecified atom stereocenters. The topological polar surface area (TPSA) is 112 Å². The molecule has 0 aliphatic heterocycles. The summed E-state index contributed by atoms with van der Waals surface area (Å²) in [6.07, 6.45) is 0. The van der Waals surface area contributed by atoms with Crippen LogP contribution in [0.4, 0.5) is 0 Å². The molecule has 0 saturated carbocycles. The van der Waals surface area contributed by atoms with Crippen molar-refractivity contribution in [3.63, 3.8) is 0 Å². The molecule has 0 amide bonds. The summed E-state index contributed by atoms with van der Waals surface area (Å²) in [5.41, 5.74) is -0.0372. The van der Waals surface area contributed by atoms with Crippen LogP contribution < -0.4 is 0 Å². The van der Waals surface area contributed by atoms with E-state index in [0.29, 0.717) is 0 Å². The van der Waals surface area contributed by atoms with E-state index in [1.807, 2.05) is 0 Å². The first-order valence-corrected chi connectivity index (χ1v) is 5.05. The third kappa shape index (κ3) is 5.64. The smallest absolute Gasteiger partial charge is 0.335 e. The van der Waals surface area contributed by atoms with Crippen molar-refractivity contribution in [3.8, 4) is 0 Å². The standard InChI is InChI=1S/C8H6O4.C4H8O2/c9-7(10)5-2-1-3-6(4-5)8(11)12;1-3(2)4(5)6/h1-4H,(H,9,10)(H,11,12);3H,1-2H3,(H,5,6). The Morgan fingerprint density at radius 1 is 0.944 bits per heavy atom. The molecule has 0 heterocycles. The molecule has 0 bridgehead atoms. The van der Waals surface area contributed by atoms with E-state index in [0.717, 1.165) is 6.07 Å². The molecule has 0 spiro atoms. The fourth-order valence-corrected chi connectivity index (χ4v) is 0.785. The van der Waals surface area contributed by atoms with Crippen molar-refractivity contribution in [3.05, 3.63) is 35.4 Å². The highest BCUT2D eigenvalue weighted by atomic mass is 16.4. The van der Waals surface area contributed by atoms with Crippen LogP contribution in [0.3, 0.4) is 0 Å². The monoisotopic (exact) mass is 254 g/mol. The van der Waals surface area contributed by atoms with Crippen LogP contribution >= 0.6 is 0 Å². The molecule has 1 aromatic carbocycles. The molecule has 6 nitrogen and oxygen atoms in total. The first kappa shape index (κ1) is 15.6. The zero-order valence-corrected chi connectivity index (χ0v) is 9.95. The Hall–Kier alpha value is -2.37. The second kappa shape index (κ2) is 7.05. The third-order valence-electron chi connectivity index (χ3n) is 1.85. The molecule has 0 saturated heterocycles. The van der Waals surface area contributed by atoms with Gasteiger partial charge < -0.3 is 15.3 Å². The predicted molar refractivity (Wildman–Crippen MR) is 62.8 cm³/mol. The molecule has 0 atom stereocenters. The molecular weight excluding hydrogens is 240 g/mol. The summed E-state index contributed by atoms with van der Waals surface area (Å²) >= 11 is 0. The minimum atomic E-state index is -1.13. The molecule has 6 heteroatoms. The van der Waals surface area contributed by atoms with E-state index >= 15 is 0 Å². The van der Waals surface area contributed by atoms with E-state index in [1.165, 1.54) is 18.2 Å². The van der Waals surface area contributed by atoms with Gasteiger partial charge in [0.2, 0.25) is 0 Å². The maximum atomic E-state index is 10.4. The molecule has 98 valence electrons. The quantitative estimate of drug-likeness (QED) is 0.758. The highest BCUT2D eigenvalue weighted by Gasteiger charge is 2.06. The lowest BCUT2D eigenvalue weighted by atomic mass is 10.1. The van der Waals surface area contributed by atoms with Gasteiger partial charge in [-0.25, -0.2) is 9.59 Å². The fraction of sp³-hybridized carbons (Fsp3) is 0.250. The van der Waals surface area contributed by atoms with Crippen LogP contribution in [0.25, 0.3) is 0 Å². The van der Waals surface area contributed by atoms with E-state index < -0.39 is 17.9 Å². The Kier molecular flexibility index (Phi) is 6.12. The van der Waals surface area contributed by atoms with Crippen molar-refractivity contribution in [1.29, 1.82) is 0 Å². The molecule has 1 rings (SSSR count). The lowest BCUT2D eigenvalue weighted by Crippen LogP contribution is -2.03. The summed E-state index contributed by atoms with van der Waals surface area (Å²) in [6, 6.07) is 5.20. The normalized spacial score (nSPS) is 9.28. The van der Waals surface area contributed by atoms with Crippen LogP contribution in [0.15, 0.2) is 24.3 Å². The van der Waals surface area contributed by atoms with Crippen LogP contribution in [-0.4, -0.2) is 33.2 Å². The van der Waals surface area contributed by atoms with Crippen LogP contribution in [0.1, 0.15) is 34.6 Å². The summed E-state index contributed by atoms with van der Waals surface area (Å²) in [6.45, 7) is 3.28. The SMILES string of the molecule is CC(C)C(=O)O.O=C(O)c1cccc(C(=O)O)c1. The molecule has 3 N–H and O–H groups in total. The molecule has 18 heavy (non-hydrogen) atoms. The summed E-state index contributed by atoms with van der Waals surface area (Å²) in [5, 5.41) is 25.0. The van der Waals surface area contributed by atoms with Gasteiger partial charge in [-0.3, -0.25) is 4.79 Å². The van der Waals surface area contributed by atoms with E-state index in [2.05, 4.69) is 0 Å². The Morgan fingerprint density at radius 2 is 1.28 bits per heavy atom. The van der Waals surface area contributed by atoms with Crippen LogP contribution in [0.2, 0.25) is 0 Å².